The maximum Gasteiger partial charge on any atom is 0.243 e. The van der Waals surface area contributed by atoms with Gasteiger partial charge in [0.15, 0.2) is 0 Å². The average Bonchev–Trinajstić information content (AvgIpc) is 2.64. The van der Waals surface area contributed by atoms with Crippen LogP contribution in [0, 0.1) is 5.82 Å². The molecule has 0 N–H and O–H groups in total. The van der Waals surface area contributed by atoms with Crippen LogP contribution in [0.5, 0.6) is 0 Å². The van der Waals surface area contributed by atoms with Crippen molar-refractivity contribution in [1.82, 2.24) is 4.31 Å². The molecular weight excluding hydrogens is 289 g/mol. The number of alkyl halides is 1. The second-order valence-electron chi connectivity index (χ2n) is 5.24. The second-order valence-corrected chi connectivity index (χ2v) is 7.70. The standard InChI is InChI=1S/C13H15ClFNO2S/c14-9-7-11-3-4-12(8-9)16(11)19(17,18)13-5-1-10(15)2-6-13/h1-2,5-6,9,11-12H,3-4,7-8H2. The van der Waals surface area contributed by atoms with Crippen molar-refractivity contribution < 1.29 is 12.8 Å². The smallest absolute Gasteiger partial charge is 0.207 e. The van der Waals surface area contributed by atoms with E-state index in [1.54, 1.807) is 4.31 Å². The molecule has 2 saturated heterocycles. The number of halogens is 2. The first kappa shape index (κ1) is 13.3. The van der Waals surface area contributed by atoms with Crippen LogP contribution in [0.2, 0.25) is 0 Å². The van der Waals surface area contributed by atoms with Crippen LogP contribution in [0.4, 0.5) is 4.39 Å². The first-order chi connectivity index (χ1) is 8.98. The molecule has 0 spiro atoms. The number of rotatable bonds is 2. The van der Waals surface area contributed by atoms with Crippen molar-refractivity contribution in [3.05, 3.63) is 30.1 Å². The molecule has 6 heteroatoms. The summed E-state index contributed by atoms with van der Waals surface area (Å²) in [5, 5.41) is 0.0668. The van der Waals surface area contributed by atoms with E-state index in [9.17, 15) is 12.8 Å². The highest BCUT2D eigenvalue weighted by Gasteiger charge is 2.46. The highest BCUT2D eigenvalue weighted by Crippen LogP contribution is 2.41. The van der Waals surface area contributed by atoms with Gasteiger partial charge in [-0.05, 0) is 49.9 Å². The molecule has 0 aromatic heterocycles. The molecule has 2 heterocycles. The summed E-state index contributed by atoms with van der Waals surface area (Å²) in [7, 11) is -3.53. The first-order valence-electron chi connectivity index (χ1n) is 6.41. The molecule has 0 aliphatic carbocycles. The van der Waals surface area contributed by atoms with E-state index in [0.29, 0.717) is 12.8 Å². The van der Waals surface area contributed by atoms with E-state index in [4.69, 9.17) is 11.6 Å². The van der Waals surface area contributed by atoms with Crippen LogP contribution < -0.4 is 0 Å². The van der Waals surface area contributed by atoms with Gasteiger partial charge in [-0.2, -0.15) is 4.31 Å². The van der Waals surface area contributed by atoms with E-state index < -0.39 is 15.8 Å². The van der Waals surface area contributed by atoms with Gasteiger partial charge in [0, 0.05) is 17.5 Å². The minimum atomic E-state index is -3.53. The van der Waals surface area contributed by atoms with E-state index in [2.05, 4.69) is 0 Å². The summed E-state index contributed by atoms with van der Waals surface area (Å²) in [5.74, 6) is -0.429. The highest BCUT2D eigenvalue weighted by atomic mass is 35.5. The van der Waals surface area contributed by atoms with Gasteiger partial charge in [-0.25, -0.2) is 12.8 Å². The molecule has 3 rings (SSSR count). The van der Waals surface area contributed by atoms with Crippen LogP contribution in [-0.4, -0.2) is 30.2 Å². The van der Waals surface area contributed by atoms with Gasteiger partial charge in [0.1, 0.15) is 5.82 Å². The monoisotopic (exact) mass is 303 g/mol. The lowest BCUT2D eigenvalue weighted by atomic mass is 10.1. The molecule has 2 fully saturated rings. The third-order valence-corrected chi connectivity index (χ3v) is 6.37. The van der Waals surface area contributed by atoms with Gasteiger partial charge < -0.3 is 0 Å². The Bertz CT molecular complexity index is 561. The lowest BCUT2D eigenvalue weighted by molar-refractivity contribution is 0.251. The Morgan fingerprint density at radius 1 is 1.11 bits per heavy atom. The molecular formula is C13H15ClFNO2S. The van der Waals surface area contributed by atoms with Crippen molar-refractivity contribution in [3.63, 3.8) is 0 Å². The van der Waals surface area contributed by atoms with Crippen LogP contribution in [-0.2, 0) is 10.0 Å². The molecule has 19 heavy (non-hydrogen) atoms. The largest absolute Gasteiger partial charge is 0.243 e. The Kier molecular flexibility index (Phi) is 3.31. The third kappa shape index (κ3) is 2.28. The average molecular weight is 304 g/mol. The predicted molar refractivity (Wildman–Crippen MR) is 71.1 cm³/mol. The Morgan fingerprint density at radius 2 is 1.63 bits per heavy atom. The van der Waals surface area contributed by atoms with Gasteiger partial charge in [-0.15, -0.1) is 11.6 Å². The number of sulfonamides is 1. The molecule has 0 radical (unpaired) electrons. The Balaban J connectivity index is 1.95. The Hall–Kier alpha value is -0.650. The molecule has 0 amide bonds. The summed E-state index contributed by atoms with van der Waals surface area (Å²) in [4.78, 5) is 0.166. The van der Waals surface area contributed by atoms with Crippen LogP contribution in [0.25, 0.3) is 0 Å². The lowest BCUT2D eigenvalue weighted by Crippen LogP contribution is -2.46. The number of piperidine rings is 1. The normalized spacial score (nSPS) is 31.6. The SMILES string of the molecule is O=S(=O)(c1ccc(F)cc1)N1C2CCC1CC(Cl)C2. The van der Waals surface area contributed by atoms with Crippen LogP contribution in [0.1, 0.15) is 25.7 Å². The number of hydrogen-bond donors (Lipinski definition) is 0. The summed E-state index contributed by atoms with van der Waals surface area (Å²) in [6, 6.07) is 5.02. The zero-order valence-corrected chi connectivity index (χ0v) is 11.9. The van der Waals surface area contributed by atoms with E-state index in [1.807, 2.05) is 0 Å². The van der Waals surface area contributed by atoms with Crippen molar-refractivity contribution in [3.8, 4) is 0 Å². The van der Waals surface area contributed by atoms with Crippen LogP contribution >= 0.6 is 11.6 Å². The molecule has 3 nitrogen and oxygen atoms in total. The molecule has 2 bridgehead atoms. The number of hydrogen-bond acceptors (Lipinski definition) is 2. The summed E-state index contributed by atoms with van der Waals surface area (Å²) in [5.41, 5.74) is 0. The van der Waals surface area contributed by atoms with E-state index in [0.717, 1.165) is 12.8 Å². The Labute approximate surface area is 117 Å². The highest BCUT2D eigenvalue weighted by molar-refractivity contribution is 7.89. The molecule has 2 aliphatic rings. The van der Waals surface area contributed by atoms with Gasteiger partial charge in [-0.3, -0.25) is 0 Å². The maximum absolute atomic E-state index is 12.9. The van der Waals surface area contributed by atoms with Gasteiger partial charge in [0.2, 0.25) is 10.0 Å². The molecule has 2 unspecified atom stereocenters. The predicted octanol–water partition coefficient (Wildman–Crippen LogP) is 2.75. The van der Waals surface area contributed by atoms with E-state index in [1.165, 1.54) is 24.3 Å². The zero-order chi connectivity index (χ0) is 13.6. The first-order valence-corrected chi connectivity index (χ1v) is 8.29. The Morgan fingerprint density at radius 3 is 2.16 bits per heavy atom. The fraction of sp³-hybridized carbons (Fsp3) is 0.538. The summed E-state index contributed by atoms with van der Waals surface area (Å²) in [6.45, 7) is 0. The van der Waals surface area contributed by atoms with Crippen LogP contribution in [0.15, 0.2) is 29.2 Å². The van der Waals surface area contributed by atoms with Gasteiger partial charge in [0.05, 0.1) is 4.90 Å². The summed E-state index contributed by atoms with van der Waals surface area (Å²) >= 11 is 6.16. The molecule has 0 saturated carbocycles. The molecule has 2 atom stereocenters. The van der Waals surface area contributed by atoms with Crippen molar-refractivity contribution in [2.24, 2.45) is 0 Å². The molecule has 2 aliphatic heterocycles. The molecule has 1 aromatic rings. The number of benzene rings is 1. The van der Waals surface area contributed by atoms with Crippen LogP contribution in [0.3, 0.4) is 0 Å². The fourth-order valence-corrected chi connectivity index (χ4v) is 5.49. The molecule has 1 aromatic carbocycles. The number of nitrogens with zero attached hydrogens (tertiary/aromatic N) is 1. The zero-order valence-electron chi connectivity index (χ0n) is 10.3. The maximum atomic E-state index is 12.9. The van der Waals surface area contributed by atoms with Gasteiger partial charge in [0.25, 0.3) is 0 Å². The fourth-order valence-electron chi connectivity index (χ4n) is 3.19. The lowest BCUT2D eigenvalue weighted by Gasteiger charge is -2.35. The minimum absolute atomic E-state index is 0.00342. The molecule has 104 valence electrons. The van der Waals surface area contributed by atoms with Crippen molar-refractivity contribution in [2.75, 3.05) is 0 Å². The number of fused-ring (bicyclic) bond motifs is 2. The van der Waals surface area contributed by atoms with Gasteiger partial charge in [-0.1, -0.05) is 0 Å². The quantitative estimate of drug-likeness (QED) is 0.788. The topological polar surface area (TPSA) is 37.4 Å². The van der Waals surface area contributed by atoms with Crippen molar-refractivity contribution >= 4 is 21.6 Å². The third-order valence-electron chi connectivity index (χ3n) is 4.00. The summed E-state index contributed by atoms with van der Waals surface area (Å²) in [6.07, 6.45) is 3.15. The van der Waals surface area contributed by atoms with E-state index >= 15 is 0 Å². The second kappa shape index (κ2) is 4.72. The summed E-state index contributed by atoms with van der Waals surface area (Å²) < 4.78 is 39.8. The van der Waals surface area contributed by atoms with E-state index in [-0.39, 0.29) is 22.4 Å². The van der Waals surface area contributed by atoms with Crippen molar-refractivity contribution in [1.29, 1.82) is 0 Å². The van der Waals surface area contributed by atoms with Gasteiger partial charge >= 0.3 is 0 Å². The minimum Gasteiger partial charge on any atom is -0.207 e. The van der Waals surface area contributed by atoms with Crippen molar-refractivity contribution in [2.45, 2.75) is 48.0 Å².